The van der Waals surface area contributed by atoms with Crippen molar-refractivity contribution in [3.63, 3.8) is 0 Å². The number of fused-ring (bicyclic) bond motifs is 1. The summed E-state index contributed by atoms with van der Waals surface area (Å²) in [6, 6.07) is 5.76. The molecule has 30 heavy (non-hydrogen) atoms. The lowest BCUT2D eigenvalue weighted by atomic mass is 9.95. The summed E-state index contributed by atoms with van der Waals surface area (Å²) >= 11 is 1.50. The molecule has 10 heteroatoms. The fraction of sp³-hybridized carbons (Fsp3) is 0.600. The summed E-state index contributed by atoms with van der Waals surface area (Å²) < 4.78 is 37.1. The van der Waals surface area contributed by atoms with Crippen LogP contribution < -0.4 is 9.47 Å². The highest BCUT2D eigenvalue weighted by Crippen LogP contribution is 2.32. The lowest BCUT2D eigenvalue weighted by Gasteiger charge is -2.36. The topological polar surface area (TPSA) is 89.0 Å². The van der Waals surface area contributed by atoms with Crippen molar-refractivity contribution < 1.29 is 22.7 Å². The first kappa shape index (κ1) is 21.3. The van der Waals surface area contributed by atoms with Gasteiger partial charge in [-0.25, -0.2) is 17.7 Å². The van der Waals surface area contributed by atoms with Gasteiger partial charge < -0.3 is 14.4 Å². The van der Waals surface area contributed by atoms with Gasteiger partial charge in [0.1, 0.15) is 11.9 Å². The molecule has 1 amide bonds. The lowest BCUT2D eigenvalue weighted by Crippen LogP contribution is -2.47. The van der Waals surface area contributed by atoms with Crippen LogP contribution in [-0.4, -0.2) is 74.2 Å². The van der Waals surface area contributed by atoms with Crippen LogP contribution in [0.15, 0.2) is 18.2 Å². The van der Waals surface area contributed by atoms with Gasteiger partial charge in [-0.1, -0.05) is 11.3 Å². The standard InChI is InChI=1S/C20H27N3O5S2/c1-27-16-3-4-17-18(13-16)29-20(21-17)28-15-7-9-22(10-8-15)19(24)14-5-11-23(12-6-14)30(2,25)26/h3-4,13-15H,5-12H2,1-2H3. The van der Waals surface area contributed by atoms with Crippen molar-refractivity contribution in [1.29, 1.82) is 0 Å². The van der Waals surface area contributed by atoms with Crippen molar-refractivity contribution in [2.45, 2.75) is 31.8 Å². The Hall–Kier alpha value is -1.91. The molecule has 0 saturated carbocycles. The molecule has 0 radical (unpaired) electrons. The third kappa shape index (κ3) is 4.70. The largest absolute Gasteiger partial charge is 0.497 e. The minimum atomic E-state index is -3.17. The maximum Gasteiger partial charge on any atom is 0.274 e. The summed E-state index contributed by atoms with van der Waals surface area (Å²) in [5, 5.41) is 0.649. The van der Waals surface area contributed by atoms with Gasteiger partial charge in [-0.3, -0.25) is 4.79 Å². The molecule has 1 aromatic carbocycles. The number of piperidine rings is 2. The number of hydrogen-bond acceptors (Lipinski definition) is 7. The van der Waals surface area contributed by atoms with Gasteiger partial charge >= 0.3 is 0 Å². The Morgan fingerprint density at radius 1 is 1.13 bits per heavy atom. The van der Waals surface area contributed by atoms with Crippen LogP contribution in [0.25, 0.3) is 10.2 Å². The maximum absolute atomic E-state index is 12.8. The van der Waals surface area contributed by atoms with E-state index in [1.807, 2.05) is 23.1 Å². The van der Waals surface area contributed by atoms with Gasteiger partial charge in [0.25, 0.3) is 5.19 Å². The fourth-order valence-corrected chi connectivity index (χ4v) is 5.87. The van der Waals surface area contributed by atoms with Gasteiger partial charge in [0.2, 0.25) is 15.9 Å². The quantitative estimate of drug-likeness (QED) is 0.690. The molecule has 3 heterocycles. The summed E-state index contributed by atoms with van der Waals surface area (Å²) in [5.41, 5.74) is 0.892. The zero-order valence-electron chi connectivity index (χ0n) is 17.2. The number of aromatic nitrogens is 1. The van der Waals surface area contributed by atoms with Crippen LogP contribution in [0.5, 0.6) is 10.9 Å². The molecule has 164 valence electrons. The molecule has 0 N–H and O–H groups in total. The van der Waals surface area contributed by atoms with Gasteiger partial charge in [-0.2, -0.15) is 0 Å². The molecule has 0 spiro atoms. The monoisotopic (exact) mass is 453 g/mol. The summed E-state index contributed by atoms with van der Waals surface area (Å²) in [4.78, 5) is 19.3. The van der Waals surface area contributed by atoms with E-state index in [0.717, 1.165) is 28.8 Å². The summed E-state index contributed by atoms with van der Waals surface area (Å²) in [7, 11) is -1.53. The molecule has 2 aliphatic rings. The number of carbonyl (C=O) groups excluding carboxylic acids is 1. The van der Waals surface area contributed by atoms with E-state index >= 15 is 0 Å². The molecule has 1 aromatic heterocycles. The molecule has 8 nitrogen and oxygen atoms in total. The van der Waals surface area contributed by atoms with Crippen molar-refractivity contribution in [2.24, 2.45) is 5.92 Å². The van der Waals surface area contributed by atoms with Crippen LogP contribution in [0.1, 0.15) is 25.7 Å². The first-order valence-electron chi connectivity index (χ1n) is 10.2. The SMILES string of the molecule is COc1ccc2nc(OC3CCN(C(=O)C4CCN(S(C)(=O)=O)CC4)CC3)sc2c1. The van der Waals surface area contributed by atoms with Crippen molar-refractivity contribution >= 4 is 37.5 Å². The van der Waals surface area contributed by atoms with E-state index in [1.54, 1.807) is 7.11 Å². The van der Waals surface area contributed by atoms with Crippen LogP contribution >= 0.6 is 11.3 Å². The number of rotatable bonds is 5. The highest BCUT2D eigenvalue weighted by atomic mass is 32.2. The van der Waals surface area contributed by atoms with Crippen LogP contribution in [-0.2, 0) is 14.8 Å². The molecule has 0 atom stereocenters. The minimum absolute atomic E-state index is 0.0450. The second-order valence-electron chi connectivity index (χ2n) is 7.89. The average molecular weight is 454 g/mol. The molecule has 2 fully saturated rings. The van der Waals surface area contributed by atoms with Crippen molar-refractivity contribution in [1.82, 2.24) is 14.2 Å². The van der Waals surface area contributed by atoms with E-state index in [-0.39, 0.29) is 17.9 Å². The summed E-state index contributed by atoms with van der Waals surface area (Å²) in [6.07, 6.45) is 4.00. The first-order valence-corrected chi connectivity index (χ1v) is 12.8. The van der Waals surface area contributed by atoms with E-state index < -0.39 is 10.0 Å². The molecule has 4 rings (SSSR count). The second-order valence-corrected chi connectivity index (χ2v) is 10.9. The molecular formula is C20H27N3O5S2. The fourth-order valence-electron chi connectivity index (χ4n) is 4.09. The highest BCUT2D eigenvalue weighted by molar-refractivity contribution is 7.88. The number of ether oxygens (including phenoxy) is 2. The van der Waals surface area contributed by atoms with Gasteiger partial charge in [0.05, 0.1) is 23.6 Å². The zero-order chi connectivity index (χ0) is 21.3. The number of carbonyl (C=O) groups is 1. The second kappa shape index (κ2) is 8.68. The number of sulfonamides is 1. The zero-order valence-corrected chi connectivity index (χ0v) is 18.9. The normalized spacial score (nSPS) is 19.9. The van der Waals surface area contributed by atoms with Crippen LogP contribution in [0.4, 0.5) is 0 Å². The first-order chi connectivity index (χ1) is 14.3. The Balaban J connectivity index is 1.28. The molecule has 0 bridgehead atoms. The van der Waals surface area contributed by atoms with E-state index in [4.69, 9.17) is 9.47 Å². The lowest BCUT2D eigenvalue weighted by molar-refractivity contribution is -0.138. The number of likely N-dealkylation sites (tertiary alicyclic amines) is 1. The highest BCUT2D eigenvalue weighted by Gasteiger charge is 2.33. The molecular weight excluding hydrogens is 426 g/mol. The van der Waals surface area contributed by atoms with Crippen molar-refractivity contribution in [3.8, 4) is 10.9 Å². The smallest absolute Gasteiger partial charge is 0.274 e. The van der Waals surface area contributed by atoms with E-state index in [1.165, 1.54) is 21.9 Å². The predicted octanol–water partition coefficient (Wildman–Crippen LogP) is 2.35. The van der Waals surface area contributed by atoms with Gasteiger partial charge in [0, 0.05) is 44.9 Å². The van der Waals surface area contributed by atoms with E-state index in [2.05, 4.69) is 4.98 Å². The third-order valence-corrected chi connectivity index (χ3v) is 8.08. The van der Waals surface area contributed by atoms with Crippen LogP contribution in [0, 0.1) is 5.92 Å². The summed E-state index contributed by atoms with van der Waals surface area (Å²) in [6.45, 7) is 2.18. The Morgan fingerprint density at radius 3 is 2.47 bits per heavy atom. The van der Waals surface area contributed by atoms with Gasteiger partial charge in [-0.15, -0.1) is 0 Å². The molecule has 2 aliphatic heterocycles. The van der Waals surface area contributed by atoms with E-state index in [0.29, 0.717) is 44.2 Å². The van der Waals surface area contributed by atoms with Crippen LogP contribution in [0.2, 0.25) is 0 Å². The number of methoxy groups -OCH3 is 1. The van der Waals surface area contributed by atoms with Gasteiger partial charge in [-0.05, 0) is 31.0 Å². The maximum atomic E-state index is 12.8. The number of nitrogens with zero attached hydrogens (tertiary/aromatic N) is 3. The Labute approximate surface area is 180 Å². The van der Waals surface area contributed by atoms with Crippen LogP contribution in [0.3, 0.4) is 0 Å². The Morgan fingerprint density at radius 2 is 1.83 bits per heavy atom. The number of hydrogen-bond donors (Lipinski definition) is 0. The van der Waals surface area contributed by atoms with E-state index in [9.17, 15) is 13.2 Å². The van der Waals surface area contributed by atoms with Crippen molar-refractivity contribution in [3.05, 3.63) is 18.2 Å². The summed E-state index contributed by atoms with van der Waals surface area (Å²) in [5.74, 6) is 0.861. The number of thiazole rings is 1. The van der Waals surface area contributed by atoms with Gasteiger partial charge in [0.15, 0.2) is 0 Å². The molecule has 2 saturated heterocycles. The number of amides is 1. The average Bonchev–Trinajstić information content (AvgIpc) is 3.14. The minimum Gasteiger partial charge on any atom is -0.497 e. The third-order valence-electron chi connectivity index (χ3n) is 5.87. The Kier molecular flexibility index (Phi) is 6.17. The molecule has 2 aromatic rings. The molecule has 0 unspecified atom stereocenters. The Bertz CT molecular complexity index is 1010. The van der Waals surface area contributed by atoms with Crippen molar-refractivity contribution in [2.75, 3.05) is 39.5 Å². The predicted molar refractivity (Wildman–Crippen MR) is 116 cm³/mol. The molecule has 0 aliphatic carbocycles. The number of benzene rings is 1.